The summed E-state index contributed by atoms with van der Waals surface area (Å²) in [5.74, 6) is 0. The highest BCUT2D eigenvalue weighted by Crippen LogP contribution is 2.48. The topological polar surface area (TPSA) is 58.5 Å². The standard InChI is InChI=1S/C21H38BNO5/c1-5-10-17(23-26-4)11-16-22-27-18(20(24-2)12-6-7-13-20)19(28-22)21(25-3)14-8-9-15-21/h18-19H,5-16H2,1-4H3/b23-17-/t18-,19-/m0/s1. The first-order chi connectivity index (χ1) is 13.6. The van der Waals surface area contributed by atoms with Crippen molar-refractivity contribution < 1.29 is 23.6 Å². The molecule has 160 valence electrons. The molecule has 0 N–H and O–H groups in total. The summed E-state index contributed by atoms with van der Waals surface area (Å²) in [4.78, 5) is 5.01. The van der Waals surface area contributed by atoms with E-state index >= 15 is 0 Å². The molecule has 6 nitrogen and oxygen atoms in total. The van der Waals surface area contributed by atoms with E-state index in [2.05, 4.69) is 12.1 Å². The Balaban J connectivity index is 1.76. The summed E-state index contributed by atoms with van der Waals surface area (Å²) in [6.07, 6.45) is 12.3. The zero-order chi connectivity index (χ0) is 20.0. The van der Waals surface area contributed by atoms with E-state index in [1.807, 2.05) is 14.2 Å². The zero-order valence-corrected chi connectivity index (χ0v) is 18.2. The summed E-state index contributed by atoms with van der Waals surface area (Å²) in [6.45, 7) is 2.16. The third-order valence-corrected chi connectivity index (χ3v) is 7.05. The first-order valence-corrected chi connectivity index (χ1v) is 11.1. The van der Waals surface area contributed by atoms with Crippen LogP contribution in [-0.2, 0) is 23.6 Å². The molecule has 28 heavy (non-hydrogen) atoms. The average molecular weight is 395 g/mol. The third-order valence-electron chi connectivity index (χ3n) is 7.05. The quantitative estimate of drug-likeness (QED) is 0.312. The number of methoxy groups -OCH3 is 2. The second-order valence-corrected chi connectivity index (χ2v) is 8.62. The maximum Gasteiger partial charge on any atom is 0.458 e. The predicted molar refractivity (Wildman–Crippen MR) is 111 cm³/mol. The van der Waals surface area contributed by atoms with Gasteiger partial charge in [-0.1, -0.05) is 44.2 Å². The Morgan fingerprint density at radius 1 is 0.893 bits per heavy atom. The molecule has 0 spiro atoms. The lowest BCUT2D eigenvalue weighted by Crippen LogP contribution is -2.56. The van der Waals surface area contributed by atoms with Gasteiger partial charge >= 0.3 is 7.12 Å². The van der Waals surface area contributed by atoms with Gasteiger partial charge in [-0.15, -0.1) is 0 Å². The van der Waals surface area contributed by atoms with E-state index in [9.17, 15) is 0 Å². The summed E-state index contributed by atoms with van der Waals surface area (Å²) in [5.41, 5.74) is 0.572. The molecule has 1 aliphatic heterocycles. The second kappa shape index (κ2) is 9.92. The number of nitrogens with zero attached hydrogens (tertiary/aromatic N) is 1. The number of oxime groups is 1. The van der Waals surface area contributed by atoms with Gasteiger partial charge in [0.25, 0.3) is 0 Å². The minimum atomic E-state index is -0.250. The first-order valence-electron chi connectivity index (χ1n) is 11.1. The van der Waals surface area contributed by atoms with E-state index in [1.165, 1.54) is 25.7 Å². The molecule has 7 heteroatoms. The Labute approximate surface area is 170 Å². The Morgan fingerprint density at radius 2 is 1.39 bits per heavy atom. The van der Waals surface area contributed by atoms with Crippen LogP contribution in [-0.4, -0.2) is 57.6 Å². The molecule has 0 unspecified atom stereocenters. The molecule has 2 aliphatic carbocycles. The van der Waals surface area contributed by atoms with E-state index in [0.29, 0.717) is 0 Å². The summed E-state index contributed by atoms with van der Waals surface area (Å²) < 4.78 is 25.4. The highest BCUT2D eigenvalue weighted by atomic mass is 16.7. The average Bonchev–Trinajstić information content (AvgIpc) is 3.46. The van der Waals surface area contributed by atoms with Gasteiger partial charge in [0.15, 0.2) is 0 Å². The van der Waals surface area contributed by atoms with Gasteiger partial charge in [-0.2, -0.15) is 0 Å². The fourth-order valence-corrected chi connectivity index (χ4v) is 5.51. The Morgan fingerprint density at radius 3 is 1.79 bits per heavy atom. The highest BCUT2D eigenvalue weighted by Gasteiger charge is 2.59. The Bertz CT molecular complexity index is 485. The SMILES string of the molecule is CCC/C(CCB1O[C@H](C2(OC)CCCC2)[C@@H](C2(OC)CCCC2)O1)=N/OC. The molecule has 0 amide bonds. The van der Waals surface area contributed by atoms with Gasteiger partial charge in [0.2, 0.25) is 0 Å². The molecule has 1 heterocycles. The monoisotopic (exact) mass is 395 g/mol. The van der Waals surface area contributed by atoms with Gasteiger partial charge in [0.05, 0.1) is 29.1 Å². The molecule has 0 aromatic heterocycles. The minimum Gasteiger partial charge on any atom is -0.403 e. The fraction of sp³-hybridized carbons (Fsp3) is 0.952. The van der Waals surface area contributed by atoms with Gasteiger partial charge in [0.1, 0.15) is 7.11 Å². The van der Waals surface area contributed by atoms with E-state index in [0.717, 1.165) is 57.0 Å². The van der Waals surface area contributed by atoms with Crippen LogP contribution in [0.3, 0.4) is 0 Å². The molecule has 0 bridgehead atoms. The van der Waals surface area contributed by atoms with E-state index in [4.69, 9.17) is 23.6 Å². The maximum absolute atomic E-state index is 6.58. The van der Waals surface area contributed by atoms with Crippen LogP contribution in [0.25, 0.3) is 0 Å². The molecular weight excluding hydrogens is 357 g/mol. The van der Waals surface area contributed by atoms with Crippen molar-refractivity contribution >= 4 is 12.8 Å². The van der Waals surface area contributed by atoms with Crippen LogP contribution < -0.4 is 0 Å². The zero-order valence-electron chi connectivity index (χ0n) is 18.2. The molecule has 0 aromatic carbocycles. The number of hydrogen-bond donors (Lipinski definition) is 0. The van der Waals surface area contributed by atoms with Gasteiger partial charge in [-0.3, -0.25) is 0 Å². The number of hydrogen-bond acceptors (Lipinski definition) is 6. The Kier molecular flexibility index (Phi) is 7.82. The summed E-state index contributed by atoms with van der Waals surface area (Å²) in [5, 5.41) is 4.18. The van der Waals surface area contributed by atoms with Crippen molar-refractivity contribution in [1.82, 2.24) is 0 Å². The van der Waals surface area contributed by atoms with Crippen molar-refractivity contribution in [3.05, 3.63) is 0 Å². The van der Waals surface area contributed by atoms with Crippen molar-refractivity contribution in [2.24, 2.45) is 5.16 Å². The van der Waals surface area contributed by atoms with Crippen molar-refractivity contribution in [3.63, 3.8) is 0 Å². The normalized spacial score (nSPS) is 29.6. The first kappa shape index (κ1) is 22.1. The highest BCUT2D eigenvalue weighted by molar-refractivity contribution is 6.45. The molecule has 3 rings (SSSR count). The summed E-state index contributed by atoms with van der Waals surface area (Å²) in [6, 6.07) is 0. The van der Waals surface area contributed by atoms with Crippen LogP contribution in [0.2, 0.25) is 6.32 Å². The van der Waals surface area contributed by atoms with E-state index in [1.54, 1.807) is 7.11 Å². The van der Waals surface area contributed by atoms with Crippen LogP contribution in [0, 0.1) is 0 Å². The lowest BCUT2D eigenvalue weighted by atomic mass is 9.81. The molecule has 0 radical (unpaired) electrons. The maximum atomic E-state index is 6.58. The van der Waals surface area contributed by atoms with E-state index < -0.39 is 0 Å². The third kappa shape index (κ3) is 4.42. The molecule has 3 fully saturated rings. The van der Waals surface area contributed by atoms with Crippen LogP contribution in [0.1, 0.15) is 77.6 Å². The van der Waals surface area contributed by atoms with Crippen LogP contribution >= 0.6 is 0 Å². The van der Waals surface area contributed by atoms with E-state index in [-0.39, 0.29) is 30.5 Å². The van der Waals surface area contributed by atoms with Crippen LogP contribution in [0.15, 0.2) is 5.16 Å². The van der Waals surface area contributed by atoms with Crippen molar-refractivity contribution in [2.75, 3.05) is 21.3 Å². The second-order valence-electron chi connectivity index (χ2n) is 8.62. The lowest BCUT2D eigenvalue weighted by molar-refractivity contribution is -0.153. The molecule has 3 aliphatic rings. The minimum absolute atomic E-state index is 0.0722. The molecule has 2 saturated carbocycles. The van der Waals surface area contributed by atoms with Crippen LogP contribution in [0.4, 0.5) is 0 Å². The van der Waals surface area contributed by atoms with Crippen molar-refractivity contribution in [2.45, 2.75) is 107 Å². The summed E-state index contributed by atoms with van der Waals surface area (Å²) >= 11 is 0. The van der Waals surface area contributed by atoms with Gasteiger partial charge < -0.3 is 23.6 Å². The van der Waals surface area contributed by atoms with Gasteiger partial charge in [-0.25, -0.2) is 0 Å². The Hall–Kier alpha value is -0.625. The van der Waals surface area contributed by atoms with Crippen molar-refractivity contribution in [1.29, 1.82) is 0 Å². The van der Waals surface area contributed by atoms with Gasteiger partial charge in [0, 0.05) is 14.2 Å². The molecule has 2 atom stereocenters. The fourth-order valence-electron chi connectivity index (χ4n) is 5.51. The predicted octanol–water partition coefficient (Wildman–Crippen LogP) is 4.37. The summed E-state index contributed by atoms with van der Waals surface area (Å²) in [7, 11) is 5.03. The molecule has 0 aromatic rings. The van der Waals surface area contributed by atoms with Crippen LogP contribution in [0.5, 0.6) is 0 Å². The number of rotatable bonds is 10. The molecule has 1 saturated heterocycles. The molecular formula is C21H38BNO5. The lowest BCUT2D eigenvalue weighted by Gasteiger charge is -2.43. The smallest absolute Gasteiger partial charge is 0.403 e. The largest absolute Gasteiger partial charge is 0.458 e. The van der Waals surface area contributed by atoms with Gasteiger partial charge in [-0.05, 0) is 44.8 Å². The van der Waals surface area contributed by atoms with Crippen molar-refractivity contribution in [3.8, 4) is 0 Å². The number of ether oxygens (including phenoxy) is 2.